The lowest BCUT2D eigenvalue weighted by Gasteiger charge is -2.30. The molecule has 2 aliphatic rings. The summed E-state index contributed by atoms with van der Waals surface area (Å²) in [6, 6.07) is 16.1. The van der Waals surface area contributed by atoms with Gasteiger partial charge in [-0.15, -0.1) is 11.8 Å². The zero-order chi connectivity index (χ0) is 16.7. The SMILES string of the molecule is CSc1ccc([C@H]2N(c3ccc(Cl)cc3)C(=O)[C@@H]3CCCN32)cc1. The van der Waals surface area contributed by atoms with Crippen LogP contribution in [0.4, 0.5) is 5.69 Å². The Kier molecular flexibility index (Phi) is 4.29. The molecule has 124 valence electrons. The van der Waals surface area contributed by atoms with Gasteiger partial charge in [0.25, 0.3) is 0 Å². The van der Waals surface area contributed by atoms with E-state index in [2.05, 4.69) is 35.4 Å². The monoisotopic (exact) mass is 358 g/mol. The van der Waals surface area contributed by atoms with Gasteiger partial charge < -0.3 is 0 Å². The Balaban J connectivity index is 1.76. The summed E-state index contributed by atoms with van der Waals surface area (Å²) in [4.78, 5) is 18.5. The Morgan fingerprint density at radius 3 is 2.46 bits per heavy atom. The molecule has 0 spiro atoms. The van der Waals surface area contributed by atoms with Gasteiger partial charge in [-0.2, -0.15) is 0 Å². The molecule has 2 fully saturated rings. The van der Waals surface area contributed by atoms with Gasteiger partial charge in [-0.25, -0.2) is 0 Å². The number of benzene rings is 2. The fourth-order valence-corrected chi connectivity index (χ4v) is 4.30. The molecule has 2 heterocycles. The highest BCUT2D eigenvalue weighted by atomic mass is 35.5. The van der Waals surface area contributed by atoms with Gasteiger partial charge in [-0.05, 0) is 61.1 Å². The van der Waals surface area contributed by atoms with E-state index in [1.54, 1.807) is 11.8 Å². The van der Waals surface area contributed by atoms with Gasteiger partial charge >= 0.3 is 0 Å². The number of thioether (sulfide) groups is 1. The van der Waals surface area contributed by atoms with Crippen molar-refractivity contribution in [3.8, 4) is 0 Å². The lowest BCUT2D eigenvalue weighted by molar-refractivity contribution is -0.119. The molecule has 2 aromatic rings. The number of nitrogens with zero attached hydrogens (tertiary/aromatic N) is 2. The van der Waals surface area contributed by atoms with Crippen LogP contribution in [0.5, 0.6) is 0 Å². The average Bonchev–Trinajstić information content (AvgIpc) is 3.18. The van der Waals surface area contributed by atoms with Crippen molar-refractivity contribution >= 4 is 35.0 Å². The molecule has 2 aromatic carbocycles. The van der Waals surface area contributed by atoms with Crippen LogP contribution in [0.1, 0.15) is 24.6 Å². The normalized spacial score (nSPS) is 23.8. The molecular weight excluding hydrogens is 340 g/mol. The molecule has 0 radical (unpaired) electrons. The van der Waals surface area contributed by atoms with Gasteiger partial charge in [0.2, 0.25) is 5.91 Å². The number of carbonyl (C=O) groups is 1. The smallest absolute Gasteiger partial charge is 0.246 e. The maximum atomic E-state index is 13.0. The number of hydrogen-bond donors (Lipinski definition) is 0. The molecule has 5 heteroatoms. The standard InChI is InChI=1S/C19H19ClN2OS/c1-24-16-10-4-13(5-11-16)18-21-12-2-3-17(21)19(23)22(18)15-8-6-14(20)7-9-15/h4-11,17-18H,2-3,12H2,1H3/t17-,18+/m0/s1. The van der Waals surface area contributed by atoms with Crippen LogP contribution in [0.2, 0.25) is 5.02 Å². The molecule has 0 bridgehead atoms. The number of halogens is 1. The predicted molar refractivity (Wildman–Crippen MR) is 99.6 cm³/mol. The van der Waals surface area contributed by atoms with E-state index in [1.807, 2.05) is 29.2 Å². The van der Waals surface area contributed by atoms with Crippen LogP contribution in [-0.2, 0) is 4.79 Å². The summed E-state index contributed by atoms with van der Waals surface area (Å²) >= 11 is 7.75. The minimum absolute atomic E-state index is 0.00547. The number of anilines is 1. The van der Waals surface area contributed by atoms with Crippen LogP contribution in [-0.4, -0.2) is 29.6 Å². The maximum absolute atomic E-state index is 13.0. The molecule has 0 aromatic heterocycles. The largest absolute Gasteiger partial charge is 0.291 e. The van der Waals surface area contributed by atoms with Crippen molar-refractivity contribution in [1.82, 2.24) is 4.90 Å². The minimum Gasteiger partial charge on any atom is -0.291 e. The molecule has 0 N–H and O–H groups in total. The van der Waals surface area contributed by atoms with Gasteiger partial charge in [-0.1, -0.05) is 23.7 Å². The van der Waals surface area contributed by atoms with Gasteiger partial charge in [0.1, 0.15) is 6.17 Å². The second-order valence-corrected chi connectivity index (χ2v) is 7.54. The first-order chi connectivity index (χ1) is 11.7. The van der Waals surface area contributed by atoms with Crippen molar-refractivity contribution < 1.29 is 4.79 Å². The zero-order valence-electron chi connectivity index (χ0n) is 13.5. The first-order valence-electron chi connectivity index (χ1n) is 8.17. The van der Waals surface area contributed by atoms with Crippen LogP contribution < -0.4 is 4.90 Å². The highest BCUT2D eigenvalue weighted by Crippen LogP contribution is 2.42. The first kappa shape index (κ1) is 16.0. The predicted octanol–water partition coefficient (Wildman–Crippen LogP) is 4.57. The van der Waals surface area contributed by atoms with E-state index in [1.165, 1.54) is 10.5 Å². The zero-order valence-corrected chi connectivity index (χ0v) is 15.1. The Labute approximate surface area is 151 Å². The second-order valence-electron chi connectivity index (χ2n) is 6.23. The highest BCUT2D eigenvalue weighted by molar-refractivity contribution is 7.98. The third kappa shape index (κ3) is 2.63. The van der Waals surface area contributed by atoms with E-state index in [-0.39, 0.29) is 18.1 Å². The molecule has 1 amide bonds. The number of carbonyl (C=O) groups excluding carboxylic acids is 1. The molecule has 0 unspecified atom stereocenters. The molecular formula is C19H19ClN2OS. The fraction of sp³-hybridized carbons (Fsp3) is 0.316. The molecule has 2 saturated heterocycles. The van der Waals surface area contributed by atoms with E-state index in [9.17, 15) is 4.79 Å². The number of fused-ring (bicyclic) bond motifs is 1. The summed E-state index contributed by atoms with van der Waals surface area (Å²) in [7, 11) is 0. The van der Waals surface area contributed by atoms with E-state index >= 15 is 0 Å². The van der Waals surface area contributed by atoms with Gasteiger partial charge in [0.05, 0.1) is 6.04 Å². The Morgan fingerprint density at radius 2 is 1.79 bits per heavy atom. The second kappa shape index (κ2) is 6.43. The molecule has 24 heavy (non-hydrogen) atoms. The molecule has 2 atom stereocenters. The van der Waals surface area contributed by atoms with E-state index in [0.717, 1.165) is 25.1 Å². The fourth-order valence-electron chi connectivity index (χ4n) is 3.76. The summed E-state index contributed by atoms with van der Waals surface area (Å²) in [5, 5.41) is 0.687. The molecule has 3 nitrogen and oxygen atoms in total. The summed E-state index contributed by atoms with van der Waals surface area (Å²) < 4.78 is 0. The number of hydrogen-bond acceptors (Lipinski definition) is 3. The van der Waals surface area contributed by atoms with Crippen molar-refractivity contribution in [2.45, 2.75) is 29.9 Å². The summed E-state index contributed by atoms with van der Waals surface area (Å²) in [5.41, 5.74) is 2.08. The van der Waals surface area contributed by atoms with E-state index in [0.29, 0.717) is 5.02 Å². The summed E-state index contributed by atoms with van der Waals surface area (Å²) in [6.45, 7) is 0.968. The lowest BCUT2D eigenvalue weighted by Crippen LogP contribution is -2.32. The quantitative estimate of drug-likeness (QED) is 0.751. The van der Waals surface area contributed by atoms with Crippen molar-refractivity contribution in [3.63, 3.8) is 0 Å². The Bertz CT molecular complexity index is 747. The number of amides is 1. The maximum Gasteiger partial charge on any atom is 0.246 e. The van der Waals surface area contributed by atoms with Gasteiger partial charge in [0, 0.05) is 22.2 Å². The third-order valence-electron chi connectivity index (χ3n) is 4.89. The molecule has 2 aliphatic heterocycles. The Hall–Kier alpha value is -1.49. The number of rotatable bonds is 3. The van der Waals surface area contributed by atoms with Crippen molar-refractivity contribution in [2.75, 3.05) is 17.7 Å². The Morgan fingerprint density at radius 1 is 1.08 bits per heavy atom. The average molecular weight is 359 g/mol. The lowest BCUT2D eigenvalue weighted by atomic mass is 10.1. The van der Waals surface area contributed by atoms with Gasteiger partial charge in [-0.3, -0.25) is 14.6 Å². The van der Waals surface area contributed by atoms with Crippen LogP contribution in [0.3, 0.4) is 0 Å². The van der Waals surface area contributed by atoms with Crippen LogP contribution in [0, 0.1) is 0 Å². The van der Waals surface area contributed by atoms with Crippen molar-refractivity contribution in [2.24, 2.45) is 0 Å². The minimum atomic E-state index is -0.0259. The molecule has 0 saturated carbocycles. The molecule has 0 aliphatic carbocycles. The van der Waals surface area contributed by atoms with Crippen LogP contribution in [0.15, 0.2) is 53.4 Å². The first-order valence-corrected chi connectivity index (χ1v) is 9.77. The van der Waals surface area contributed by atoms with Crippen LogP contribution >= 0.6 is 23.4 Å². The topological polar surface area (TPSA) is 23.6 Å². The van der Waals surface area contributed by atoms with E-state index < -0.39 is 0 Å². The van der Waals surface area contributed by atoms with Crippen molar-refractivity contribution in [1.29, 1.82) is 0 Å². The third-order valence-corrected chi connectivity index (χ3v) is 5.89. The highest BCUT2D eigenvalue weighted by Gasteiger charge is 2.49. The van der Waals surface area contributed by atoms with Crippen LogP contribution in [0.25, 0.3) is 0 Å². The summed E-state index contributed by atoms with van der Waals surface area (Å²) in [6.07, 6.45) is 4.08. The van der Waals surface area contributed by atoms with Crippen molar-refractivity contribution in [3.05, 3.63) is 59.1 Å². The van der Waals surface area contributed by atoms with E-state index in [4.69, 9.17) is 11.6 Å². The summed E-state index contributed by atoms with van der Waals surface area (Å²) in [5.74, 6) is 0.203. The molecule has 4 rings (SSSR count). The van der Waals surface area contributed by atoms with Gasteiger partial charge in [0.15, 0.2) is 0 Å².